The number of carbonyl (C=O) groups excluding carboxylic acids is 1. The molecule has 0 spiro atoms. The zero-order valence-corrected chi connectivity index (χ0v) is 13.4. The first-order chi connectivity index (χ1) is 9.70. The second-order valence-electron chi connectivity index (χ2n) is 5.64. The third kappa shape index (κ3) is 2.53. The largest absolute Gasteiger partial charge is 0.374 e. The van der Waals surface area contributed by atoms with Gasteiger partial charge in [-0.3, -0.25) is 4.79 Å². The fraction of sp³-hybridized carbons (Fsp3) is 0.667. The molecule has 0 aromatic carbocycles. The number of morpholine rings is 1. The monoisotopic (exact) mass is 340 g/mol. The Bertz CT molecular complexity index is 500. The van der Waals surface area contributed by atoms with E-state index in [0.717, 1.165) is 42.5 Å². The van der Waals surface area contributed by atoms with Crippen molar-refractivity contribution >= 4 is 21.8 Å². The van der Waals surface area contributed by atoms with Crippen molar-refractivity contribution in [2.75, 3.05) is 13.2 Å². The second-order valence-corrected chi connectivity index (χ2v) is 6.56. The van der Waals surface area contributed by atoms with Gasteiger partial charge in [-0.25, -0.2) is 0 Å². The van der Waals surface area contributed by atoms with E-state index in [-0.39, 0.29) is 18.1 Å². The lowest BCUT2D eigenvalue weighted by Crippen LogP contribution is -2.51. The number of rotatable bonds is 3. The molecule has 5 heteroatoms. The summed E-state index contributed by atoms with van der Waals surface area (Å²) in [6.07, 6.45) is 6.62. The predicted octanol–water partition coefficient (Wildman–Crippen LogP) is 3.05. The summed E-state index contributed by atoms with van der Waals surface area (Å²) in [5.41, 5.74) is 0.797. The number of fused-ring (bicyclic) bond motifs is 1. The van der Waals surface area contributed by atoms with Crippen LogP contribution in [0.2, 0.25) is 0 Å². The number of nitrogens with zero attached hydrogens (tertiary/aromatic N) is 2. The predicted molar refractivity (Wildman–Crippen MR) is 80.8 cm³/mol. The minimum absolute atomic E-state index is 0.157. The fourth-order valence-electron chi connectivity index (χ4n) is 3.40. The van der Waals surface area contributed by atoms with Crippen LogP contribution in [-0.2, 0) is 11.3 Å². The van der Waals surface area contributed by atoms with Gasteiger partial charge in [0.2, 0.25) is 0 Å². The van der Waals surface area contributed by atoms with E-state index in [4.69, 9.17) is 4.74 Å². The van der Waals surface area contributed by atoms with Crippen molar-refractivity contribution in [1.82, 2.24) is 9.47 Å². The molecule has 1 aliphatic heterocycles. The zero-order valence-electron chi connectivity index (χ0n) is 11.8. The minimum atomic E-state index is 0.157. The number of ether oxygens (including phenoxy) is 1. The molecule has 2 heterocycles. The molecule has 20 heavy (non-hydrogen) atoms. The summed E-state index contributed by atoms with van der Waals surface area (Å²) in [6.45, 7) is 4.40. The molecule has 0 radical (unpaired) electrons. The van der Waals surface area contributed by atoms with Crippen molar-refractivity contribution < 1.29 is 9.53 Å². The Balaban J connectivity index is 1.84. The lowest BCUT2D eigenvalue weighted by atomic mass is 10.1. The Morgan fingerprint density at radius 2 is 2.35 bits per heavy atom. The summed E-state index contributed by atoms with van der Waals surface area (Å²) >= 11 is 3.49. The van der Waals surface area contributed by atoms with E-state index < -0.39 is 0 Å². The van der Waals surface area contributed by atoms with E-state index in [1.165, 1.54) is 6.42 Å². The highest BCUT2D eigenvalue weighted by Gasteiger charge is 2.39. The summed E-state index contributed by atoms with van der Waals surface area (Å²) in [7, 11) is 0. The van der Waals surface area contributed by atoms with Gasteiger partial charge in [0.15, 0.2) is 0 Å². The van der Waals surface area contributed by atoms with Crippen molar-refractivity contribution in [2.45, 2.75) is 51.3 Å². The van der Waals surface area contributed by atoms with Gasteiger partial charge >= 0.3 is 0 Å². The average molecular weight is 341 g/mol. The zero-order chi connectivity index (χ0) is 14.1. The summed E-state index contributed by atoms with van der Waals surface area (Å²) in [4.78, 5) is 14.9. The number of carbonyl (C=O) groups is 1. The van der Waals surface area contributed by atoms with Crippen LogP contribution in [0.25, 0.3) is 0 Å². The van der Waals surface area contributed by atoms with Gasteiger partial charge in [0.25, 0.3) is 5.91 Å². The van der Waals surface area contributed by atoms with Gasteiger partial charge in [0.05, 0.1) is 18.8 Å². The molecule has 1 amide bonds. The number of hydrogen-bond acceptors (Lipinski definition) is 2. The Morgan fingerprint density at radius 1 is 1.50 bits per heavy atom. The molecule has 1 aromatic rings. The van der Waals surface area contributed by atoms with Crippen molar-refractivity contribution in [3.8, 4) is 0 Å². The molecule has 1 saturated carbocycles. The fourth-order valence-corrected chi connectivity index (χ4v) is 3.87. The van der Waals surface area contributed by atoms with Crippen LogP contribution in [0.3, 0.4) is 0 Å². The first kappa shape index (κ1) is 14.1. The third-order valence-electron chi connectivity index (χ3n) is 4.29. The van der Waals surface area contributed by atoms with Crippen LogP contribution in [0.5, 0.6) is 0 Å². The highest BCUT2D eigenvalue weighted by Crippen LogP contribution is 2.31. The molecule has 0 N–H and O–H groups in total. The summed E-state index contributed by atoms with van der Waals surface area (Å²) < 4.78 is 8.83. The molecule has 3 rings (SSSR count). The molecule has 1 aromatic heterocycles. The Kier molecular flexibility index (Phi) is 4.17. The Hall–Kier alpha value is -0.810. The maximum Gasteiger partial charge on any atom is 0.270 e. The number of halogens is 1. The van der Waals surface area contributed by atoms with Crippen LogP contribution in [-0.4, -0.2) is 40.7 Å². The molecule has 2 fully saturated rings. The highest BCUT2D eigenvalue weighted by atomic mass is 79.9. The molecular formula is C15H21BrN2O2. The molecule has 2 unspecified atom stereocenters. The third-order valence-corrected chi connectivity index (χ3v) is 4.72. The van der Waals surface area contributed by atoms with Crippen LogP contribution in [0, 0.1) is 0 Å². The van der Waals surface area contributed by atoms with E-state index in [1.807, 2.05) is 17.2 Å². The standard InChI is InChI=1S/C15H21BrN2O2/c1-2-6-17-10-11(16)9-13(17)15(19)18-7-8-20-14-5-3-4-12(14)18/h9-10,12,14H,2-8H2,1H3. The maximum atomic E-state index is 12.9. The summed E-state index contributed by atoms with van der Waals surface area (Å²) in [5.74, 6) is 0.157. The Morgan fingerprint density at radius 3 is 3.15 bits per heavy atom. The normalized spacial score (nSPS) is 25.8. The van der Waals surface area contributed by atoms with E-state index in [9.17, 15) is 4.79 Å². The molecule has 1 saturated heterocycles. The number of hydrogen-bond donors (Lipinski definition) is 0. The topological polar surface area (TPSA) is 34.5 Å². The van der Waals surface area contributed by atoms with Crippen molar-refractivity contribution in [3.63, 3.8) is 0 Å². The summed E-state index contributed by atoms with van der Waals surface area (Å²) in [5, 5.41) is 0. The molecule has 2 aliphatic rings. The van der Waals surface area contributed by atoms with Crippen LogP contribution >= 0.6 is 15.9 Å². The number of amides is 1. The smallest absolute Gasteiger partial charge is 0.270 e. The number of aromatic nitrogens is 1. The first-order valence-electron chi connectivity index (χ1n) is 7.49. The second kappa shape index (κ2) is 5.90. The average Bonchev–Trinajstić information content (AvgIpc) is 3.04. The van der Waals surface area contributed by atoms with Crippen LogP contribution < -0.4 is 0 Å². The molecular weight excluding hydrogens is 320 g/mol. The van der Waals surface area contributed by atoms with Crippen molar-refractivity contribution in [1.29, 1.82) is 0 Å². The SMILES string of the molecule is CCCn1cc(Br)cc1C(=O)N1CCOC2CCCC21. The highest BCUT2D eigenvalue weighted by molar-refractivity contribution is 9.10. The number of aryl methyl sites for hydroxylation is 1. The maximum absolute atomic E-state index is 12.9. The summed E-state index contributed by atoms with van der Waals surface area (Å²) in [6, 6.07) is 2.22. The quantitative estimate of drug-likeness (QED) is 0.847. The van der Waals surface area contributed by atoms with Crippen molar-refractivity contribution in [2.24, 2.45) is 0 Å². The minimum Gasteiger partial charge on any atom is -0.374 e. The lowest BCUT2D eigenvalue weighted by molar-refractivity contribution is -0.0448. The van der Waals surface area contributed by atoms with Gasteiger partial charge < -0.3 is 14.2 Å². The van der Waals surface area contributed by atoms with Crippen LogP contribution in [0.4, 0.5) is 0 Å². The van der Waals surface area contributed by atoms with Gasteiger partial charge in [0.1, 0.15) is 5.69 Å². The van der Waals surface area contributed by atoms with Gasteiger partial charge in [-0.05, 0) is 47.7 Å². The van der Waals surface area contributed by atoms with E-state index in [1.54, 1.807) is 0 Å². The van der Waals surface area contributed by atoms with Gasteiger partial charge in [-0.1, -0.05) is 6.92 Å². The molecule has 2 atom stereocenters. The Labute approximate surface area is 128 Å². The van der Waals surface area contributed by atoms with Crippen LogP contribution in [0.1, 0.15) is 43.1 Å². The van der Waals surface area contributed by atoms with E-state index in [0.29, 0.717) is 6.61 Å². The van der Waals surface area contributed by atoms with E-state index in [2.05, 4.69) is 27.4 Å². The first-order valence-corrected chi connectivity index (χ1v) is 8.28. The lowest BCUT2D eigenvalue weighted by Gasteiger charge is -2.37. The van der Waals surface area contributed by atoms with Crippen molar-refractivity contribution in [3.05, 3.63) is 22.4 Å². The van der Waals surface area contributed by atoms with Gasteiger partial charge in [-0.15, -0.1) is 0 Å². The molecule has 110 valence electrons. The molecule has 4 nitrogen and oxygen atoms in total. The van der Waals surface area contributed by atoms with Gasteiger partial charge in [-0.2, -0.15) is 0 Å². The van der Waals surface area contributed by atoms with Crippen LogP contribution in [0.15, 0.2) is 16.7 Å². The molecule has 1 aliphatic carbocycles. The van der Waals surface area contributed by atoms with E-state index >= 15 is 0 Å². The van der Waals surface area contributed by atoms with Gasteiger partial charge in [0, 0.05) is 23.8 Å². The molecule has 0 bridgehead atoms.